The molecule has 0 bridgehead atoms. The van der Waals surface area contributed by atoms with Crippen molar-refractivity contribution in [2.75, 3.05) is 0 Å². The summed E-state index contributed by atoms with van der Waals surface area (Å²) in [5.74, 6) is 2.32. The van der Waals surface area contributed by atoms with Crippen LogP contribution in [0.5, 0.6) is 0 Å². The van der Waals surface area contributed by atoms with Gasteiger partial charge in [-0.15, -0.1) is 0 Å². The van der Waals surface area contributed by atoms with E-state index in [2.05, 4.69) is 128 Å². The molecule has 0 N–H and O–H groups in total. The van der Waals surface area contributed by atoms with Crippen molar-refractivity contribution in [3.8, 4) is 84.9 Å². The predicted molar refractivity (Wildman–Crippen MR) is 262 cm³/mol. The van der Waals surface area contributed by atoms with Gasteiger partial charge in [0, 0.05) is 44.2 Å². The highest BCUT2D eigenvalue weighted by Crippen LogP contribution is 2.41. The quantitative estimate of drug-likeness (QED) is 0.153. The van der Waals surface area contributed by atoms with Crippen LogP contribution in [0.2, 0.25) is 0 Å². The van der Waals surface area contributed by atoms with E-state index in [4.69, 9.17) is 24.9 Å². The fourth-order valence-electron chi connectivity index (χ4n) is 9.09. The van der Waals surface area contributed by atoms with Gasteiger partial charge in [0.25, 0.3) is 0 Å². The molecule has 304 valence electrons. The van der Waals surface area contributed by atoms with Gasteiger partial charge in [-0.3, -0.25) is 0 Å². The number of nitrogens with zero attached hydrogens (tertiary/aromatic N) is 6. The Bertz CT molecular complexity index is 3370. The Morgan fingerprint density at radius 1 is 0.328 bits per heavy atom. The predicted octanol–water partition coefficient (Wildman–Crippen LogP) is 14.4. The summed E-state index contributed by atoms with van der Waals surface area (Å²) in [6.07, 6.45) is 0. The summed E-state index contributed by atoms with van der Waals surface area (Å²) in [6.45, 7) is 6.58. The molecule has 11 rings (SSSR count). The van der Waals surface area contributed by atoms with E-state index in [0.717, 1.165) is 66.9 Å². The van der Waals surface area contributed by atoms with Gasteiger partial charge in [-0.2, -0.15) is 0 Å². The maximum Gasteiger partial charge on any atom is 0.166 e. The van der Waals surface area contributed by atoms with Crippen LogP contribution in [0.15, 0.2) is 200 Å². The summed E-state index contributed by atoms with van der Waals surface area (Å²) < 4.78 is 2.35. The van der Waals surface area contributed by atoms with E-state index in [0.29, 0.717) is 23.3 Å². The summed E-state index contributed by atoms with van der Waals surface area (Å²) in [6, 6.07) is 69.4. The highest BCUT2D eigenvalue weighted by Gasteiger charge is 2.22. The van der Waals surface area contributed by atoms with Crippen molar-refractivity contribution >= 4 is 21.8 Å². The zero-order valence-electron chi connectivity index (χ0n) is 35.7. The Balaban J connectivity index is 1.19. The van der Waals surface area contributed by atoms with Gasteiger partial charge in [-0.05, 0) is 85.5 Å². The van der Waals surface area contributed by atoms with Crippen LogP contribution in [0.3, 0.4) is 0 Å². The third-order valence-electron chi connectivity index (χ3n) is 11.9. The molecule has 6 nitrogen and oxygen atoms in total. The Morgan fingerprint density at radius 3 is 1.38 bits per heavy atom. The normalized spacial score (nSPS) is 11.4. The van der Waals surface area contributed by atoms with Crippen molar-refractivity contribution in [2.45, 2.75) is 20.8 Å². The molecule has 0 amide bonds. The molecule has 0 aliphatic carbocycles. The van der Waals surface area contributed by atoms with Gasteiger partial charge < -0.3 is 4.57 Å². The first kappa shape index (κ1) is 38.6. The number of para-hydroxylation sites is 1. The minimum atomic E-state index is 0.542. The molecular weight excluding hydrogens is 781 g/mol. The van der Waals surface area contributed by atoms with Gasteiger partial charge in [0.15, 0.2) is 23.3 Å². The van der Waals surface area contributed by atoms with Crippen molar-refractivity contribution < 1.29 is 0 Å². The lowest BCUT2D eigenvalue weighted by Crippen LogP contribution is -2.04. The Hall–Kier alpha value is -8.35. The average Bonchev–Trinajstić information content (AvgIpc) is 3.68. The molecular formula is C58H42N6. The second kappa shape index (κ2) is 16.2. The molecule has 3 heterocycles. The first-order valence-corrected chi connectivity index (χ1v) is 21.6. The number of aromatic nitrogens is 6. The number of benzene rings is 8. The van der Waals surface area contributed by atoms with Crippen LogP contribution in [-0.2, 0) is 0 Å². The van der Waals surface area contributed by atoms with Gasteiger partial charge in [0.05, 0.1) is 28.1 Å². The van der Waals surface area contributed by atoms with E-state index in [1.807, 2.05) is 97.1 Å². The lowest BCUT2D eigenvalue weighted by atomic mass is 9.93. The van der Waals surface area contributed by atoms with Crippen LogP contribution in [-0.4, -0.2) is 29.5 Å². The number of hydrogen-bond donors (Lipinski definition) is 0. The molecule has 0 aliphatic rings. The monoisotopic (exact) mass is 822 g/mol. The van der Waals surface area contributed by atoms with Crippen LogP contribution in [0.25, 0.3) is 107 Å². The molecule has 0 spiro atoms. The van der Waals surface area contributed by atoms with E-state index >= 15 is 0 Å². The maximum atomic E-state index is 5.30. The van der Waals surface area contributed by atoms with E-state index < -0.39 is 0 Å². The van der Waals surface area contributed by atoms with E-state index in [1.165, 1.54) is 33.2 Å². The molecule has 6 heteroatoms. The molecule has 0 saturated heterocycles. The van der Waals surface area contributed by atoms with Crippen LogP contribution in [0.4, 0.5) is 0 Å². The van der Waals surface area contributed by atoms with Gasteiger partial charge in [0.1, 0.15) is 0 Å². The zero-order chi connectivity index (χ0) is 43.1. The summed E-state index contributed by atoms with van der Waals surface area (Å²) in [5.41, 5.74) is 16.5. The lowest BCUT2D eigenvalue weighted by Gasteiger charge is -2.17. The zero-order valence-corrected chi connectivity index (χ0v) is 35.7. The second-order valence-corrected chi connectivity index (χ2v) is 16.3. The summed E-state index contributed by atoms with van der Waals surface area (Å²) in [5, 5.41) is 2.33. The molecule has 8 aromatic carbocycles. The summed E-state index contributed by atoms with van der Waals surface area (Å²) >= 11 is 0. The number of hydrogen-bond acceptors (Lipinski definition) is 5. The topological polar surface area (TPSA) is 69.4 Å². The van der Waals surface area contributed by atoms with Crippen molar-refractivity contribution in [2.24, 2.45) is 0 Å². The van der Waals surface area contributed by atoms with Crippen molar-refractivity contribution in [1.29, 1.82) is 0 Å². The fraction of sp³-hybridized carbons (Fsp3) is 0.0517. The molecule has 3 aromatic heterocycles. The van der Waals surface area contributed by atoms with Crippen LogP contribution in [0, 0.1) is 20.8 Å². The van der Waals surface area contributed by atoms with E-state index in [1.54, 1.807) is 0 Å². The molecule has 11 aromatic rings. The number of rotatable bonds is 8. The average molecular weight is 823 g/mol. The van der Waals surface area contributed by atoms with Crippen LogP contribution < -0.4 is 0 Å². The highest BCUT2D eigenvalue weighted by molar-refractivity contribution is 6.11. The maximum absolute atomic E-state index is 5.30. The molecule has 64 heavy (non-hydrogen) atoms. The molecule has 0 saturated carbocycles. The fourth-order valence-corrected chi connectivity index (χ4v) is 9.09. The molecule has 0 fully saturated rings. The third-order valence-corrected chi connectivity index (χ3v) is 11.9. The van der Waals surface area contributed by atoms with Gasteiger partial charge in [-0.25, -0.2) is 24.9 Å². The third kappa shape index (κ3) is 7.11. The first-order valence-electron chi connectivity index (χ1n) is 21.6. The Morgan fingerprint density at radius 2 is 0.797 bits per heavy atom. The Kier molecular flexibility index (Phi) is 9.74. The highest BCUT2D eigenvalue weighted by atomic mass is 15.1. The second-order valence-electron chi connectivity index (χ2n) is 16.3. The van der Waals surface area contributed by atoms with Gasteiger partial charge in [-0.1, -0.05) is 163 Å². The summed E-state index contributed by atoms with van der Waals surface area (Å²) in [4.78, 5) is 26.2. The van der Waals surface area contributed by atoms with Crippen molar-refractivity contribution in [1.82, 2.24) is 29.5 Å². The molecule has 0 atom stereocenters. The smallest absolute Gasteiger partial charge is 0.166 e. The van der Waals surface area contributed by atoms with Gasteiger partial charge in [0.2, 0.25) is 0 Å². The lowest BCUT2D eigenvalue weighted by molar-refractivity contribution is 1.06. The molecule has 0 radical (unpaired) electrons. The van der Waals surface area contributed by atoms with Crippen molar-refractivity contribution in [3.05, 3.63) is 217 Å². The largest absolute Gasteiger partial charge is 0.309 e. The minimum Gasteiger partial charge on any atom is -0.309 e. The van der Waals surface area contributed by atoms with Crippen molar-refractivity contribution in [3.63, 3.8) is 0 Å². The van der Waals surface area contributed by atoms with E-state index in [9.17, 15) is 0 Å². The summed E-state index contributed by atoms with van der Waals surface area (Å²) in [7, 11) is 0. The standard InChI is InChI=1S/C58H42N6/c1-37-32-38(2)54(39(3)33-37)44-28-30-52-47(34-44)46-26-16-17-27-51(46)64(52)53-31-29-45(57-59-49(40-18-8-4-9-19-40)36-50(60-57)41-20-10-5-11-21-41)35-48(53)58-62-55(42-22-12-6-13-23-42)61-56(63-58)43-24-14-7-15-25-43/h4-36H,1-3H3. The first-order chi connectivity index (χ1) is 31.4. The molecule has 0 unspecified atom stereocenters. The number of fused-ring (bicyclic) bond motifs is 3. The van der Waals surface area contributed by atoms with Gasteiger partial charge >= 0.3 is 0 Å². The Labute approximate surface area is 372 Å². The minimum absolute atomic E-state index is 0.542. The number of aryl methyl sites for hydroxylation is 3. The molecule has 0 aliphatic heterocycles. The SMILES string of the molecule is Cc1cc(C)c(-c2ccc3c(c2)c2ccccc2n3-c2ccc(-c3nc(-c4ccccc4)cc(-c4ccccc4)n3)cc2-c2nc(-c3ccccc3)nc(-c3ccccc3)n2)c(C)c1. The van der Waals surface area contributed by atoms with E-state index in [-0.39, 0.29) is 0 Å². The van der Waals surface area contributed by atoms with Crippen LogP contribution >= 0.6 is 0 Å². The van der Waals surface area contributed by atoms with Crippen LogP contribution in [0.1, 0.15) is 16.7 Å².